The predicted molar refractivity (Wildman–Crippen MR) is 116 cm³/mol. The predicted octanol–water partition coefficient (Wildman–Crippen LogP) is 4.44. The van der Waals surface area contributed by atoms with Gasteiger partial charge in [0, 0.05) is 0 Å². The van der Waals surface area contributed by atoms with E-state index in [9.17, 15) is 8.42 Å². The van der Waals surface area contributed by atoms with E-state index < -0.39 is 9.84 Å². The number of aromatic hydroxyl groups is 3. The number of sulfone groups is 1. The molecule has 0 aliphatic carbocycles. The van der Waals surface area contributed by atoms with Crippen molar-refractivity contribution in [3.05, 3.63) is 78.4 Å². The molecule has 0 atom stereocenters. The van der Waals surface area contributed by atoms with Crippen molar-refractivity contribution < 1.29 is 28.5 Å². The Balaban J connectivity index is 0.000000300. The lowest BCUT2D eigenvalue weighted by atomic mass is 9.87. The fourth-order valence-corrected chi connectivity index (χ4v) is 3.61. The Morgan fingerprint density at radius 1 is 0.600 bits per heavy atom. The summed E-state index contributed by atoms with van der Waals surface area (Å²) >= 11 is 0. The molecular formula is C23H26O6S. The van der Waals surface area contributed by atoms with Gasteiger partial charge in [-0.25, -0.2) is 8.42 Å². The zero-order valence-electron chi connectivity index (χ0n) is 17.1. The zero-order valence-corrected chi connectivity index (χ0v) is 17.9. The normalized spacial score (nSPS) is 10.8. The van der Waals surface area contributed by atoms with Gasteiger partial charge in [-0.05, 0) is 71.6 Å². The second kappa shape index (κ2) is 10.5. The van der Waals surface area contributed by atoms with Crippen molar-refractivity contribution in [2.45, 2.75) is 36.0 Å². The molecule has 3 aromatic carbocycles. The van der Waals surface area contributed by atoms with Crippen molar-refractivity contribution in [1.82, 2.24) is 0 Å². The van der Waals surface area contributed by atoms with E-state index in [1.165, 1.54) is 54.1 Å². The standard InChI is InChI=1S/C12H10O4S.C10H14O.CH2O/c13-9-1-5-11(6-2-9)17(15,16)12-7-3-10(14)4-8-12;1-10(2,3)8-4-6-9(11)7-5-8;1-2/h1-8,13-14H;4-7,11H,1-3H3;1H2. The summed E-state index contributed by atoms with van der Waals surface area (Å²) in [7, 11) is -3.59. The average molecular weight is 431 g/mol. The molecule has 0 radical (unpaired) electrons. The van der Waals surface area contributed by atoms with Crippen LogP contribution >= 0.6 is 0 Å². The van der Waals surface area contributed by atoms with Gasteiger partial charge in [0.15, 0.2) is 0 Å². The summed E-state index contributed by atoms with van der Waals surface area (Å²) in [6.45, 7) is 8.46. The van der Waals surface area contributed by atoms with E-state index in [4.69, 9.17) is 20.1 Å². The van der Waals surface area contributed by atoms with E-state index in [0.29, 0.717) is 5.75 Å². The van der Waals surface area contributed by atoms with E-state index in [0.717, 1.165) is 0 Å². The van der Waals surface area contributed by atoms with Crippen LogP contribution in [-0.4, -0.2) is 30.5 Å². The number of phenols is 3. The number of hydrogen-bond acceptors (Lipinski definition) is 6. The molecule has 0 aliphatic rings. The third-order valence-electron chi connectivity index (χ3n) is 4.03. The van der Waals surface area contributed by atoms with Crippen molar-refractivity contribution in [3.8, 4) is 17.2 Å². The van der Waals surface area contributed by atoms with Crippen LogP contribution < -0.4 is 0 Å². The molecular weight excluding hydrogens is 404 g/mol. The lowest BCUT2D eigenvalue weighted by Gasteiger charge is -2.18. The first-order chi connectivity index (χ1) is 14.0. The summed E-state index contributed by atoms with van der Waals surface area (Å²) in [6, 6.07) is 17.9. The van der Waals surface area contributed by atoms with Crippen LogP contribution in [0.25, 0.3) is 0 Å². The van der Waals surface area contributed by atoms with Gasteiger partial charge in [0.1, 0.15) is 24.0 Å². The van der Waals surface area contributed by atoms with Gasteiger partial charge in [-0.15, -0.1) is 0 Å². The Morgan fingerprint density at radius 2 is 0.867 bits per heavy atom. The summed E-state index contributed by atoms with van der Waals surface area (Å²) in [5, 5.41) is 27.2. The molecule has 0 aromatic heterocycles. The van der Waals surface area contributed by atoms with Gasteiger partial charge in [0.05, 0.1) is 9.79 Å². The third kappa shape index (κ3) is 6.93. The second-order valence-corrected chi connectivity index (χ2v) is 9.24. The lowest BCUT2D eigenvalue weighted by Crippen LogP contribution is -2.10. The van der Waals surface area contributed by atoms with Gasteiger partial charge < -0.3 is 20.1 Å². The van der Waals surface area contributed by atoms with Gasteiger partial charge in [-0.3, -0.25) is 0 Å². The first kappa shape index (κ1) is 24.7. The van der Waals surface area contributed by atoms with Crippen molar-refractivity contribution in [1.29, 1.82) is 0 Å². The van der Waals surface area contributed by atoms with Crippen molar-refractivity contribution >= 4 is 16.6 Å². The number of carbonyl (C=O) groups is 1. The van der Waals surface area contributed by atoms with Crippen molar-refractivity contribution in [3.63, 3.8) is 0 Å². The monoisotopic (exact) mass is 430 g/mol. The third-order valence-corrected chi connectivity index (χ3v) is 5.81. The Bertz CT molecular complexity index is 966. The smallest absolute Gasteiger partial charge is 0.206 e. The van der Waals surface area contributed by atoms with E-state index in [2.05, 4.69) is 20.8 Å². The van der Waals surface area contributed by atoms with Crippen LogP contribution in [0.2, 0.25) is 0 Å². The van der Waals surface area contributed by atoms with E-state index in [1.54, 1.807) is 12.1 Å². The SMILES string of the molecule is C=O.CC(C)(C)c1ccc(O)cc1.O=S(=O)(c1ccc(O)cc1)c1ccc(O)cc1. The number of benzene rings is 3. The minimum atomic E-state index is -3.59. The molecule has 0 amide bonds. The molecule has 0 unspecified atom stereocenters. The Hall–Kier alpha value is -3.32. The molecule has 0 aliphatic heterocycles. The number of phenolic OH excluding ortho intramolecular Hbond substituents is 3. The molecule has 0 saturated heterocycles. The second-order valence-electron chi connectivity index (χ2n) is 7.29. The van der Waals surface area contributed by atoms with E-state index in [-0.39, 0.29) is 26.7 Å². The minimum absolute atomic E-state index is 0.00894. The topological polar surface area (TPSA) is 112 Å². The molecule has 0 saturated carbocycles. The molecule has 160 valence electrons. The van der Waals surface area contributed by atoms with Crippen molar-refractivity contribution in [2.24, 2.45) is 0 Å². The van der Waals surface area contributed by atoms with E-state index in [1.807, 2.05) is 18.9 Å². The van der Waals surface area contributed by atoms with Crippen LogP contribution in [0, 0.1) is 0 Å². The van der Waals surface area contributed by atoms with Crippen LogP contribution in [0.1, 0.15) is 26.3 Å². The quantitative estimate of drug-likeness (QED) is 0.554. The molecule has 7 heteroatoms. The summed E-state index contributed by atoms with van der Waals surface area (Å²) < 4.78 is 24.2. The number of hydrogen-bond donors (Lipinski definition) is 3. The molecule has 0 fully saturated rings. The lowest BCUT2D eigenvalue weighted by molar-refractivity contribution is -0.0980. The molecule has 6 nitrogen and oxygen atoms in total. The summed E-state index contributed by atoms with van der Waals surface area (Å²) in [5.74, 6) is 0.349. The fourth-order valence-electron chi connectivity index (χ4n) is 2.35. The first-order valence-electron chi connectivity index (χ1n) is 8.92. The minimum Gasteiger partial charge on any atom is -0.508 e. The van der Waals surface area contributed by atoms with Crippen LogP contribution in [0.3, 0.4) is 0 Å². The Labute approximate surface area is 177 Å². The highest BCUT2D eigenvalue weighted by molar-refractivity contribution is 7.91. The van der Waals surface area contributed by atoms with Gasteiger partial charge >= 0.3 is 0 Å². The maximum absolute atomic E-state index is 12.1. The molecule has 0 heterocycles. The van der Waals surface area contributed by atoms with Crippen LogP contribution in [0.5, 0.6) is 17.2 Å². The van der Waals surface area contributed by atoms with Crippen LogP contribution in [0.15, 0.2) is 82.6 Å². The van der Waals surface area contributed by atoms with Gasteiger partial charge in [-0.1, -0.05) is 32.9 Å². The molecule has 30 heavy (non-hydrogen) atoms. The molecule has 3 rings (SSSR count). The van der Waals surface area contributed by atoms with Crippen LogP contribution in [0.4, 0.5) is 0 Å². The number of rotatable bonds is 2. The highest BCUT2D eigenvalue weighted by Crippen LogP contribution is 2.24. The summed E-state index contributed by atoms with van der Waals surface area (Å²) in [4.78, 5) is 8.20. The summed E-state index contributed by atoms with van der Waals surface area (Å²) in [6.07, 6.45) is 0. The molecule has 0 bridgehead atoms. The van der Waals surface area contributed by atoms with Gasteiger partial charge in [0.25, 0.3) is 0 Å². The zero-order chi connectivity index (χ0) is 22.9. The fraction of sp³-hybridized carbons (Fsp3) is 0.174. The molecule has 3 aromatic rings. The highest BCUT2D eigenvalue weighted by Gasteiger charge is 2.17. The van der Waals surface area contributed by atoms with Gasteiger partial charge in [0.2, 0.25) is 9.84 Å². The average Bonchev–Trinajstić information content (AvgIpc) is 2.70. The van der Waals surface area contributed by atoms with Gasteiger partial charge in [-0.2, -0.15) is 0 Å². The van der Waals surface area contributed by atoms with Crippen LogP contribution in [-0.2, 0) is 20.0 Å². The largest absolute Gasteiger partial charge is 0.508 e. The summed E-state index contributed by atoms with van der Waals surface area (Å²) in [5.41, 5.74) is 1.42. The Morgan fingerprint density at radius 3 is 1.13 bits per heavy atom. The number of carbonyl (C=O) groups excluding carboxylic acids is 1. The highest BCUT2D eigenvalue weighted by atomic mass is 32.2. The van der Waals surface area contributed by atoms with Crippen molar-refractivity contribution in [2.75, 3.05) is 0 Å². The molecule has 3 N–H and O–H groups in total. The maximum Gasteiger partial charge on any atom is 0.206 e. The maximum atomic E-state index is 12.1. The molecule has 0 spiro atoms. The Kier molecular flexibility index (Phi) is 8.61. The van der Waals surface area contributed by atoms with E-state index >= 15 is 0 Å². The first-order valence-corrected chi connectivity index (χ1v) is 10.4.